The van der Waals surface area contributed by atoms with Crippen LogP contribution < -0.4 is 5.73 Å². The van der Waals surface area contributed by atoms with Gasteiger partial charge in [-0.25, -0.2) is 4.98 Å². The first-order valence-electron chi connectivity index (χ1n) is 4.75. The van der Waals surface area contributed by atoms with E-state index >= 15 is 0 Å². The van der Waals surface area contributed by atoms with Crippen LogP contribution in [0.2, 0.25) is 5.02 Å². The molecule has 16 heavy (non-hydrogen) atoms. The number of H-pyrrole nitrogens is 1. The molecule has 4 nitrogen and oxygen atoms in total. The third-order valence-corrected chi connectivity index (χ3v) is 3.60. The Kier molecular flexibility index (Phi) is 2.20. The summed E-state index contributed by atoms with van der Waals surface area (Å²) in [4.78, 5) is 7.61. The van der Waals surface area contributed by atoms with Crippen LogP contribution in [-0.2, 0) is 6.54 Å². The standard InChI is InChI=1S/C10H8BrClN4/c11-9-7(4-13)15-10-14-6-2-1-5(12)3-8(6)16(9)10/h1-3H,4,13H2,(H,14,15). The zero-order chi connectivity index (χ0) is 11.3. The predicted molar refractivity (Wildman–Crippen MR) is 67.7 cm³/mol. The van der Waals surface area contributed by atoms with Crippen molar-refractivity contribution in [2.75, 3.05) is 0 Å². The minimum Gasteiger partial charge on any atom is -0.325 e. The van der Waals surface area contributed by atoms with Crippen LogP contribution in [0.4, 0.5) is 0 Å². The Hall–Kier alpha value is -1.04. The molecule has 0 unspecified atom stereocenters. The molecule has 0 spiro atoms. The Labute approximate surface area is 105 Å². The van der Waals surface area contributed by atoms with E-state index in [4.69, 9.17) is 17.3 Å². The molecule has 1 aromatic carbocycles. The summed E-state index contributed by atoms with van der Waals surface area (Å²) in [5, 5.41) is 0.691. The SMILES string of the molecule is NCc1[nH]c2nc3ccc(Cl)cc3n2c1Br. The highest BCUT2D eigenvalue weighted by Gasteiger charge is 2.13. The highest BCUT2D eigenvalue weighted by Crippen LogP contribution is 2.26. The monoisotopic (exact) mass is 298 g/mol. The number of nitrogens with zero attached hydrogens (tertiary/aromatic N) is 2. The van der Waals surface area contributed by atoms with Gasteiger partial charge in [0.25, 0.3) is 0 Å². The fraction of sp³-hybridized carbons (Fsp3) is 0.100. The van der Waals surface area contributed by atoms with Gasteiger partial charge in [-0.1, -0.05) is 11.6 Å². The fourth-order valence-corrected chi connectivity index (χ4v) is 2.57. The molecule has 3 rings (SSSR count). The first-order valence-corrected chi connectivity index (χ1v) is 5.92. The van der Waals surface area contributed by atoms with Crippen molar-refractivity contribution in [2.45, 2.75) is 6.54 Å². The number of hydrogen-bond donors (Lipinski definition) is 2. The third-order valence-electron chi connectivity index (χ3n) is 2.53. The maximum atomic E-state index is 5.98. The van der Waals surface area contributed by atoms with Gasteiger partial charge in [0.2, 0.25) is 5.78 Å². The lowest BCUT2D eigenvalue weighted by molar-refractivity contribution is 1.00. The molecular weight excluding hydrogens is 291 g/mol. The predicted octanol–water partition coefficient (Wildman–Crippen LogP) is 2.69. The third kappa shape index (κ3) is 1.29. The second-order valence-electron chi connectivity index (χ2n) is 3.50. The summed E-state index contributed by atoms with van der Waals surface area (Å²) in [6, 6.07) is 5.61. The molecule has 2 heterocycles. The van der Waals surface area contributed by atoms with Crippen LogP contribution in [0.3, 0.4) is 0 Å². The quantitative estimate of drug-likeness (QED) is 0.726. The highest BCUT2D eigenvalue weighted by molar-refractivity contribution is 9.10. The van der Waals surface area contributed by atoms with Crippen molar-refractivity contribution in [1.29, 1.82) is 0 Å². The van der Waals surface area contributed by atoms with E-state index in [0.717, 1.165) is 27.1 Å². The zero-order valence-electron chi connectivity index (χ0n) is 8.17. The largest absolute Gasteiger partial charge is 0.325 e. The minimum atomic E-state index is 0.437. The Morgan fingerprint density at radius 2 is 2.31 bits per heavy atom. The summed E-state index contributed by atoms with van der Waals surface area (Å²) in [7, 11) is 0. The summed E-state index contributed by atoms with van der Waals surface area (Å²) >= 11 is 9.48. The van der Waals surface area contributed by atoms with Gasteiger partial charge < -0.3 is 10.7 Å². The van der Waals surface area contributed by atoms with Crippen LogP contribution in [-0.4, -0.2) is 14.4 Å². The van der Waals surface area contributed by atoms with Gasteiger partial charge >= 0.3 is 0 Å². The van der Waals surface area contributed by atoms with Gasteiger partial charge in [-0.3, -0.25) is 4.40 Å². The number of aromatic amines is 1. The number of imidazole rings is 2. The van der Waals surface area contributed by atoms with Gasteiger partial charge in [-0.05, 0) is 34.1 Å². The molecule has 0 saturated carbocycles. The minimum absolute atomic E-state index is 0.437. The lowest BCUT2D eigenvalue weighted by atomic mass is 10.3. The molecule has 0 aliphatic heterocycles. The van der Waals surface area contributed by atoms with Gasteiger partial charge in [-0.15, -0.1) is 0 Å². The van der Waals surface area contributed by atoms with Crippen LogP contribution in [0.15, 0.2) is 22.8 Å². The maximum absolute atomic E-state index is 5.98. The number of aromatic nitrogens is 3. The maximum Gasteiger partial charge on any atom is 0.213 e. The topological polar surface area (TPSA) is 59.1 Å². The van der Waals surface area contributed by atoms with Crippen LogP contribution in [0.1, 0.15) is 5.69 Å². The molecular formula is C10H8BrClN4. The van der Waals surface area contributed by atoms with E-state index < -0.39 is 0 Å². The molecule has 0 amide bonds. The van der Waals surface area contributed by atoms with Crippen molar-refractivity contribution in [3.8, 4) is 0 Å². The van der Waals surface area contributed by atoms with Gasteiger partial charge in [0.1, 0.15) is 4.60 Å². The smallest absolute Gasteiger partial charge is 0.213 e. The van der Waals surface area contributed by atoms with Gasteiger partial charge in [0.15, 0.2) is 0 Å². The number of hydrogen-bond acceptors (Lipinski definition) is 2. The Morgan fingerprint density at radius 1 is 1.50 bits per heavy atom. The van der Waals surface area contributed by atoms with Crippen LogP contribution >= 0.6 is 27.5 Å². The molecule has 6 heteroatoms. The molecule has 0 saturated heterocycles. The number of nitrogens with one attached hydrogen (secondary N) is 1. The summed E-state index contributed by atoms with van der Waals surface area (Å²) in [5.41, 5.74) is 8.41. The summed E-state index contributed by atoms with van der Waals surface area (Å²) in [6.45, 7) is 0.437. The Balaban J connectivity index is 2.49. The summed E-state index contributed by atoms with van der Waals surface area (Å²) < 4.78 is 2.86. The van der Waals surface area contributed by atoms with Crippen molar-refractivity contribution in [1.82, 2.24) is 14.4 Å². The number of benzene rings is 1. The van der Waals surface area contributed by atoms with Crippen LogP contribution in [0.25, 0.3) is 16.8 Å². The lowest BCUT2D eigenvalue weighted by Crippen LogP contribution is -1.97. The summed E-state index contributed by atoms with van der Waals surface area (Å²) in [6.07, 6.45) is 0. The normalized spacial score (nSPS) is 11.7. The van der Waals surface area contributed by atoms with Crippen molar-refractivity contribution < 1.29 is 0 Å². The van der Waals surface area contributed by atoms with E-state index in [1.807, 2.05) is 22.6 Å². The second-order valence-corrected chi connectivity index (χ2v) is 4.69. The van der Waals surface area contributed by atoms with Crippen molar-refractivity contribution >= 4 is 44.3 Å². The molecule has 82 valence electrons. The van der Waals surface area contributed by atoms with E-state index in [0.29, 0.717) is 11.6 Å². The van der Waals surface area contributed by atoms with Crippen molar-refractivity contribution in [2.24, 2.45) is 5.73 Å². The Bertz CT molecular complexity index is 685. The van der Waals surface area contributed by atoms with E-state index in [1.165, 1.54) is 0 Å². The second kappa shape index (κ2) is 3.48. The van der Waals surface area contributed by atoms with Crippen molar-refractivity contribution in [3.05, 3.63) is 33.5 Å². The fourth-order valence-electron chi connectivity index (χ4n) is 1.79. The van der Waals surface area contributed by atoms with Crippen molar-refractivity contribution in [3.63, 3.8) is 0 Å². The Morgan fingerprint density at radius 3 is 3.06 bits per heavy atom. The average Bonchev–Trinajstić information content (AvgIpc) is 2.76. The summed E-state index contributed by atoms with van der Waals surface area (Å²) in [5.74, 6) is 0.768. The van der Waals surface area contributed by atoms with Gasteiger partial charge in [0, 0.05) is 11.6 Å². The number of rotatable bonds is 1. The number of fused-ring (bicyclic) bond motifs is 3. The molecule has 0 atom stereocenters. The molecule has 0 radical (unpaired) electrons. The molecule has 0 aliphatic rings. The van der Waals surface area contributed by atoms with E-state index in [1.54, 1.807) is 0 Å². The van der Waals surface area contributed by atoms with Gasteiger partial charge in [-0.2, -0.15) is 0 Å². The lowest BCUT2D eigenvalue weighted by Gasteiger charge is -1.95. The molecule has 3 N–H and O–H groups in total. The molecule has 2 aromatic heterocycles. The first-order chi connectivity index (χ1) is 7.70. The van der Waals surface area contributed by atoms with E-state index in [-0.39, 0.29) is 0 Å². The average molecular weight is 300 g/mol. The van der Waals surface area contributed by atoms with Gasteiger partial charge in [0.05, 0.1) is 16.7 Å². The number of nitrogens with two attached hydrogens (primary N) is 1. The van der Waals surface area contributed by atoms with E-state index in [2.05, 4.69) is 25.9 Å². The molecule has 0 aliphatic carbocycles. The molecule has 3 aromatic rings. The van der Waals surface area contributed by atoms with Crippen LogP contribution in [0.5, 0.6) is 0 Å². The highest BCUT2D eigenvalue weighted by atomic mass is 79.9. The van der Waals surface area contributed by atoms with E-state index in [9.17, 15) is 0 Å². The zero-order valence-corrected chi connectivity index (χ0v) is 10.5. The molecule has 0 bridgehead atoms. The van der Waals surface area contributed by atoms with Crippen LogP contribution in [0, 0.1) is 0 Å². The first kappa shape index (κ1) is 10.1. The molecule has 0 fully saturated rings. The number of halogens is 2.